The summed E-state index contributed by atoms with van der Waals surface area (Å²) in [4.78, 5) is 12.6. The number of rotatable bonds is 5. The van der Waals surface area contributed by atoms with Crippen LogP contribution in [0, 0.1) is 0 Å². The Labute approximate surface area is 152 Å². The van der Waals surface area contributed by atoms with Crippen molar-refractivity contribution in [2.24, 2.45) is 12.2 Å². The second kappa shape index (κ2) is 6.78. The Balaban J connectivity index is 1.89. The molecule has 2 aromatic carbocycles. The summed E-state index contributed by atoms with van der Waals surface area (Å²) in [6, 6.07) is 17.1. The largest absolute Gasteiger partial charge is 0.398 e. The molecule has 0 saturated heterocycles. The molecule has 26 heavy (non-hydrogen) atoms. The Hall–Kier alpha value is -2.90. The van der Waals surface area contributed by atoms with Crippen molar-refractivity contribution >= 4 is 21.5 Å². The highest BCUT2D eigenvalue weighted by Crippen LogP contribution is 2.22. The SMILES string of the molecule is Cn1c(Cc2ccc(S(N)(=O)=O)cc2N)ccc1C(=O)c1ccccc1. The predicted octanol–water partition coefficient (Wildman–Crippen LogP) is 2.08. The van der Waals surface area contributed by atoms with Crippen molar-refractivity contribution in [2.75, 3.05) is 5.73 Å². The minimum atomic E-state index is -3.79. The van der Waals surface area contributed by atoms with Crippen LogP contribution in [0.25, 0.3) is 0 Å². The van der Waals surface area contributed by atoms with E-state index in [2.05, 4.69) is 0 Å². The van der Waals surface area contributed by atoms with E-state index in [1.165, 1.54) is 12.1 Å². The molecule has 0 fully saturated rings. The van der Waals surface area contributed by atoms with Crippen LogP contribution in [0.5, 0.6) is 0 Å². The predicted molar refractivity (Wildman–Crippen MR) is 100 cm³/mol. The molecule has 0 amide bonds. The van der Waals surface area contributed by atoms with Crippen LogP contribution >= 0.6 is 0 Å². The van der Waals surface area contributed by atoms with Crippen LogP contribution in [-0.4, -0.2) is 18.8 Å². The normalized spacial score (nSPS) is 11.5. The van der Waals surface area contributed by atoms with Crippen molar-refractivity contribution in [1.29, 1.82) is 0 Å². The molecule has 1 aromatic heterocycles. The third-order valence-electron chi connectivity index (χ3n) is 4.31. The second-order valence-electron chi connectivity index (χ2n) is 6.05. The molecule has 1 heterocycles. The van der Waals surface area contributed by atoms with E-state index in [-0.39, 0.29) is 10.7 Å². The number of primary sulfonamides is 1. The summed E-state index contributed by atoms with van der Waals surface area (Å²) in [5.41, 5.74) is 9.17. The van der Waals surface area contributed by atoms with E-state index in [1.54, 1.807) is 24.3 Å². The quantitative estimate of drug-likeness (QED) is 0.530. The zero-order valence-electron chi connectivity index (χ0n) is 14.2. The van der Waals surface area contributed by atoms with E-state index in [1.807, 2.05) is 35.9 Å². The lowest BCUT2D eigenvalue weighted by Gasteiger charge is -2.10. The minimum Gasteiger partial charge on any atom is -0.398 e. The van der Waals surface area contributed by atoms with Gasteiger partial charge in [0.15, 0.2) is 0 Å². The highest BCUT2D eigenvalue weighted by Gasteiger charge is 2.16. The number of nitrogen functional groups attached to an aromatic ring is 1. The zero-order chi connectivity index (χ0) is 18.9. The van der Waals surface area contributed by atoms with E-state index in [4.69, 9.17) is 10.9 Å². The molecule has 0 bridgehead atoms. The van der Waals surface area contributed by atoms with Gasteiger partial charge in [-0.25, -0.2) is 13.6 Å². The summed E-state index contributed by atoms with van der Waals surface area (Å²) in [7, 11) is -1.97. The van der Waals surface area contributed by atoms with Crippen LogP contribution in [-0.2, 0) is 23.5 Å². The first-order chi connectivity index (χ1) is 12.3. The number of sulfonamides is 1. The van der Waals surface area contributed by atoms with E-state index >= 15 is 0 Å². The van der Waals surface area contributed by atoms with Crippen molar-refractivity contribution in [3.63, 3.8) is 0 Å². The van der Waals surface area contributed by atoms with Crippen molar-refractivity contribution < 1.29 is 13.2 Å². The maximum atomic E-state index is 12.6. The number of aromatic nitrogens is 1. The number of benzene rings is 2. The lowest BCUT2D eigenvalue weighted by Crippen LogP contribution is -2.13. The van der Waals surface area contributed by atoms with Gasteiger partial charge in [-0.2, -0.15) is 0 Å². The number of hydrogen-bond acceptors (Lipinski definition) is 4. The molecule has 3 aromatic rings. The molecule has 7 heteroatoms. The Morgan fingerprint density at radius 3 is 2.35 bits per heavy atom. The minimum absolute atomic E-state index is 0.0226. The van der Waals surface area contributed by atoms with Gasteiger partial charge in [-0.15, -0.1) is 0 Å². The van der Waals surface area contributed by atoms with Crippen LogP contribution < -0.4 is 10.9 Å². The molecular weight excluding hydrogens is 350 g/mol. The molecule has 0 aliphatic rings. The van der Waals surface area contributed by atoms with Gasteiger partial charge in [-0.3, -0.25) is 4.79 Å². The molecule has 0 unspecified atom stereocenters. The third-order valence-corrected chi connectivity index (χ3v) is 5.22. The molecule has 6 nitrogen and oxygen atoms in total. The van der Waals surface area contributed by atoms with Crippen LogP contribution in [0.1, 0.15) is 27.3 Å². The summed E-state index contributed by atoms with van der Waals surface area (Å²) < 4.78 is 24.6. The van der Waals surface area contributed by atoms with Gasteiger partial charge >= 0.3 is 0 Å². The summed E-state index contributed by atoms with van der Waals surface area (Å²) >= 11 is 0. The highest BCUT2D eigenvalue weighted by molar-refractivity contribution is 7.89. The summed E-state index contributed by atoms with van der Waals surface area (Å²) in [6.45, 7) is 0. The fourth-order valence-electron chi connectivity index (χ4n) is 2.80. The van der Waals surface area contributed by atoms with Crippen LogP contribution in [0.2, 0.25) is 0 Å². The zero-order valence-corrected chi connectivity index (χ0v) is 15.0. The second-order valence-corrected chi connectivity index (χ2v) is 7.61. The van der Waals surface area contributed by atoms with Crippen molar-refractivity contribution in [3.8, 4) is 0 Å². The van der Waals surface area contributed by atoms with E-state index in [9.17, 15) is 13.2 Å². The third kappa shape index (κ3) is 3.54. The van der Waals surface area contributed by atoms with Crippen LogP contribution in [0.4, 0.5) is 5.69 Å². The van der Waals surface area contributed by atoms with Crippen molar-refractivity contribution in [2.45, 2.75) is 11.3 Å². The van der Waals surface area contributed by atoms with Gasteiger partial charge in [0.25, 0.3) is 0 Å². The smallest absolute Gasteiger partial charge is 0.238 e. The summed E-state index contributed by atoms with van der Waals surface area (Å²) in [6.07, 6.45) is 0.468. The Morgan fingerprint density at radius 2 is 1.73 bits per heavy atom. The Morgan fingerprint density at radius 1 is 1.04 bits per heavy atom. The van der Waals surface area contributed by atoms with Gasteiger partial charge in [0.1, 0.15) is 0 Å². The van der Waals surface area contributed by atoms with E-state index < -0.39 is 10.0 Å². The van der Waals surface area contributed by atoms with Gasteiger partial charge in [0.05, 0.1) is 10.6 Å². The van der Waals surface area contributed by atoms with Crippen LogP contribution in [0.15, 0.2) is 65.6 Å². The van der Waals surface area contributed by atoms with Crippen molar-refractivity contribution in [1.82, 2.24) is 4.57 Å². The summed E-state index contributed by atoms with van der Waals surface area (Å²) in [5, 5.41) is 5.12. The number of nitrogens with two attached hydrogens (primary N) is 2. The van der Waals surface area contributed by atoms with Crippen molar-refractivity contribution in [3.05, 3.63) is 83.2 Å². The Bertz CT molecular complexity index is 1070. The molecule has 0 spiro atoms. The average molecular weight is 369 g/mol. The van der Waals surface area contributed by atoms with Gasteiger partial charge < -0.3 is 10.3 Å². The molecule has 0 aliphatic carbocycles. The Kier molecular flexibility index (Phi) is 4.67. The first-order valence-electron chi connectivity index (χ1n) is 7.93. The average Bonchev–Trinajstić information content (AvgIpc) is 2.96. The van der Waals surface area contributed by atoms with Gasteiger partial charge in [0.2, 0.25) is 15.8 Å². The molecule has 134 valence electrons. The molecule has 0 radical (unpaired) electrons. The molecule has 3 rings (SSSR count). The first-order valence-corrected chi connectivity index (χ1v) is 9.47. The number of carbonyl (C=O) groups is 1. The number of ketones is 1. The highest BCUT2D eigenvalue weighted by atomic mass is 32.2. The molecular formula is C19H19N3O3S. The maximum Gasteiger partial charge on any atom is 0.238 e. The summed E-state index contributed by atoms with van der Waals surface area (Å²) in [5.74, 6) is -0.0584. The van der Waals surface area contributed by atoms with Crippen LogP contribution in [0.3, 0.4) is 0 Å². The number of hydrogen-bond donors (Lipinski definition) is 2. The van der Waals surface area contributed by atoms with Gasteiger partial charge in [-0.05, 0) is 29.8 Å². The topological polar surface area (TPSA) is 108 Å². The molecule has 0 atom stereocenters. The lowest BCUT2D eigenvalue weighted by atomic mass is 10.1. The number of carbonyl (C=O) groups excluding carboxylic acids is 1. The fourth-order valence-corrected chi connectivity index (χ4v) is 3.35. The standard InChI is InChI=1S/C19H19N3O3S/c1-22-15(8-10-18(22)19(23)13-5-3-2-4-6-13)11-14-7-9-16(12-17(14)20)26(21,24)25/h2-10,12H,11,20H2,1H3,(H2,21,24,25). The maximum absolute atomic E-state index is 12.6. The fraction of sp³-hybridized carbons (Fsp3) is 0.105. The van der Waals surface area contributed by atoms with Gasteiger partial charge in [0, 0.05) is 30.4 Å². The monoisotopic (exact) mass is 369 g/mol. The van der Waals surface area contributed by atoms with E-state index in [0.717, 1.165) is 11.3 Å². The molecule has 0 saturated carbocycles. The molecule has 0 aliphatic heterocycles. The number of nitrogens with zero attached hydrogens (tertiary/aromatic N) is 1. The number of anilines is 1. The lowest BCUT2D eigenvalue weighted by molar-refractivity contribution is 0.103. The van der Waals surface area contributed by atoms with Gasteiger partial charge in [-0.1, -0.05) is 36.4 Å². The molecule has 4 N–H and O–H groups in total. The first kappa shape index (κ1) is 17.9. The van der Waals surface area contributed by atoms with E-state index in [0.29, 0.717) is 23.4 Å².